The molecule has 2 aliphatic rings. The molecule has 2 aliphatic heterocycles. The summed E-state index contributed by atoms with van der Waals surface area (Å²) in [7, 11) is 3.26. The first-order valence-electron chi connectivity index (χ1n) is 9.06. The van der Waals surface area contributed by atoms with Gasteiger partial charge in [-0.2, -0.15) is 0 Å². The van der Waals surface area contributed by atoms with Crippen LogP contribution in [0.4, 0.5) is 4.79 Å². The molecule has 0 radical (unpaired) electrons. The van der Waals surface area contributed by atoms with Gasteiger partial charge in [0.15, 0.2) is 11.5 Å². The Morgan fingerprint density at radius 3 is 2.68 bits per heavy atom. The Kier molecular flexibility index (Phi) is 6.02. The molecule has 0 spiro atoms. The Morgan fingerprint density at radius 2 is 1.96 bits per heavy atom. The van der Waals surface area contributed by atoms with E-state index in [0.717, 1.165) is 38.0 Å². The first kappa shape index (κ1) is 17.9. The lowest BCUT2D eigenvalue weighted by molar-refractivity contribution is 0.154. The van der Waals surface area contributed by atoms with E-state index in [9.17, 15) is 4.79 Å². The van der Waals surface area contributed by atoms with Crippen molar-refractivity contribution in [2.75, 3.05) is 40.5 Å². The lowest BCUT2D eigenvalue weighted by Crippen LogP contribution is -2.37. The van der Waals surface area contributed by atoms with Crippen LogP contribution >= 0.6 is 0 Å². The largest absolute Gasteiger partial charge is 0.493 e. The number of nitrogens with zero attached hydrogens (tertiary/aromatic N) is 1. The van der Waals surface area contributed by atoms with Crippen molar-refractivity contribution in [1.29, 1.82) is 0 Å². The second-order valence-electron chi connectivity index (χ2n) is 6.80. The molecule has 0 aliphatic carbocycles. The third-order valence-corrected chi connectivity index (χ3v) is 5.23. The van der Waals surface area contributed by atoms with Crippen molar-refractivity contribution in [1.82, 2.24) is 10.2 Å². The molecule has 0 bridgehead atoms. The molecule has 1 amide bonds. The Labute approximate surface area is 149 Å². The molecule has 0 aromatic heterocycles. The predicted molar refractivity (Wildman–Crippen MR) is 95.3 cm³/mol. The van der Waals surface area contributed by atoms with Crippen molar-refractivity contribution in [3.63, 3.8) is 0 Å². The molecule has 2 heterocycles. The van der Waals surface area contributed by atoms with Gasteiger partial charge < -0.3 is 24.4 Å². The van der Waals surface area contributed by atoms with Gasteiger partial charge in [0.2, 0.25) is 0 Å². The molecule has 1 unspecified atom stereocenters. The van der Waals surface area contributed by atoms with Crippen LogP contribution in [0.2, 0.25) is 0 Å². The van der Waals surface area contributed by atoms with E-state index in [1.165, 1.54) is 12.8 Å². The van der Waals surface area contributed by atoms with Gasteiger partial charge in [0.1, 0.15) is 6.61 Å². The standard InChI is InChI=1S/C19H28N2O4/c1-23-17-4-3-15(12-18(17)24-2)11-16-13-25-19(22)21(16)10-7-14-5-8-20-9-6-14/h3-4,12,14,16,20H,5-11,13H2,1-2H3. The number of nitrogens with one attached hydrogen (secondary N) is 1. The zero-order valence-electron chi connectivity index (χ0n) is 15.1. The van der Waals surface area contributed by atoms with Crippen molar-refractivity contribution < 1.29 is 19.0 Å². The first-order chi connectivity index (χ1) is 12.2. The van der Waals surface area contributed by atoms with Gasteiger partial charge >= 0.3 is 6.09 Å². The number of carbonyl (C=O) groups excluding carboxylic acids is 1. The Bertz CT molecular complexity index is 587. The van der Waals surface area contributed by atoms with E-state index in [4.69, 9.17) is 14.2 Å². The van der Waals surface area contributed by atoms with Crippen LogP contribution in [0.1, 0.15) is 24.8 Å². The van der Waals surface area contributed by atoms with E-state index in [1.807, 2.05) is 23.1 Å². The molecule has 138 valence electrons. The fourth-order valence-corrected chi connectivity index (χ4v) is 3.70. The van der Waals surface area contributed by atoms with Crippen LogP contribution in [0.3, 0.4) is 0 Å². The molecule has 6 heteroatoms. The van der Waals surface area contributed by atoms with Gasteiger partial charge in [-0.25, -0.2) is 4.79 Å². The Morgan fingerprint density at radius 1 is 1.20 bits per heavy atom. The van der Waals surface area contributed by atoms with Gasteiger partial charge in [-0.15, -0.1) is 0 Å². The third-order valence-electron chi connectivity index (χ3n) is 5.23. The van der Waals surface area contributed by atoms with E-state index < -0.39 is 0 Å². The van der Waals surface area contributed by atoms with Crippen LogP contribution in [0.5, 0.6) is 11.5 Å². The summed E-state index contributed by atoms with van der Waals surface area (Å²) < 4.78 is 16.0. The number of benzene rings is 1. The molecule has 2 fully saturated rings. The van der Waals surface area contributed by atoms with Crippen LogP contribution in [-0.4, -0.2) is 57.5 Å². The zero-order valence-corrected chi connectivity index (χ0v) is 15.1. The average molecular weight is 348 g/mol. The number of amides is 1. The lowest BCUT2D eigenvalue weighted by atomic mass is 9.94. The number of rotatable bonds is 7. The lowest BCUT2D eigenvalue weighted by Gasteiger charge is -2.27. The number of ether oxygens (including phenoxy) is 3. The van der Waals surface area contributed by atoms with E-state index >= 15 is 0 Å². The van der Waals surface area contributed by atoms with Crippen molar-refractivity contribution in [3.05, 3.63) is 23.8 Å². The third kappa shape index (κ3) is 4.37. The van der Waals surface area contributed by atoms with Gasteiger partial charge in [-0.05, 0) is 62.4 Å². The molecule has 1 aromatic carbocycles. The molecule has 2 saturated heterocycles. The molecule has 3 rings (SSSR count). The predicted octanol–water partition coefficient (Wildman–Crippen LogP) is 2.46. The Hall–Kier alpha value is -1.95. The molecule has 6 nitrogen and oxygen atoms in total. The summed E-state index contributed by atoms with van der Waals surface area (Å²) in [6.45, 7) is 3.41. The molecule has 0 saturated carbocycles. The number of carbonyl (C=O) groups is 1. The number of hydrogen-bond donors (Lipinski definition) is 1. The summed E-state index contributed by atoms with van der Waals surface area (Å²) in [5.74, 6) is 2.13. The van der Waals surface area contributed by atoms with E-state index in [2.05, 4.69) is 5.32 Å². The first-order valence-corrected chi connectivity index (χ1v) is 9.06. The number of hydrogen-bond acceptors (Lipinski definition) is 5. The van der Waals surface area contributed by atoms with Gasteiger partial charge in [0.25, 0.3) is 0 Å². The van der Waals surface area contributed by atoms with Crippen LogP contribution in [0.15, 0.2) is 18.2 Å². The maximum Gasteiger partial charge on any atom is 0.410 e. The van der Waals surface area contributed by atoms with E-state index in [0.29, 0.717) is 24.0 Å². The average Bonchev–Trinajstić information content (AvgIpc) is 3.00. The highest BCUT2D eigenvalue weighted by Gasteiger charge is 2.33. The maximum atomic E-state index is 12.1. The number of methoxy groups -OCH3 is 2. The molecule has 1 N–H and O–H groups in total. The summed E-state index contributed by atoms with van der Waals surface area (Å²) in [5.41, 5.74) is 1.12. The summed E-state index contributed by atoms with van der Waals surface area (Å²) in [6, 6.07) is 6.00. The number of piperidine rings is 1. The highest BCUT2D eigenvalue weighted by molar-refractivity contribution is 5.70. The van der Waals surface area contributed by atoms with Crippen molar-refractivity contribution in [2.45, 2.75) is 31.7 Å². The fourth-order valence-electron chi connectivity index (χ4n) is 3.70. The Balaban J connectivity index is 1.61. The van der Waals surface area contributed by atoms with Crippen LogP contribution < -0.4 is 14.8 Å². The van der Waals surface area contributed by atoms with E-state index in [1.54, 1.807) is 14.2 Å². The summed E-state index contributed by atoms with van der Waals surface area (Å²) in [4.78, 5) is 14.0. The van der Waals surface area contributed by atoms with Crippen molar-refractivity contribution in [2.24, 2.45) is 5.92 Å². The van der Waals surface area contributed by atoms with Crippen LogP contribution in [0.25, 0.3) is 0 Å². The van der Waals surface area contributed by atoms with Gasteiger partial charge in [-0.3, -0.25) is 0 Å². The fraction of sp³-hybridized carbons (Fsp3) is 0.632. The van der Waals surface area contributed by atoms with Gasteiger partial charge in [0.05, 0.1) is 20.3 Å². The highest BCUT2D eigenvalue weighted by atomic mass is 16.6. The SMILES string of the molecule is COc1ccc(CC2COC(=O)N2CCC2CCNCC2)cc1OC. The van der Waals surface area contributed by atoms with Crippen LogP contribution in [0, 0.1) is 5.92 Å². The quantitative estimate of drug-likeness (QED) is 0.820. The monoisotopic (exact) mass is 348 g/mol. The van der Waals surface area contributed by atoms with Crippen molar-refractivity contribution in [3.8, 4) is 11.5 Å². The topological polar surface area (TPSA) is 60.0 Å². The highest BCUT2D eigenvalue weighted by Crippen LogP contribution is 2.29. The normalized spacial score (nSPS) is 21.3. The summed E-state index contributed by atoms with van der Waals surface area (Å²) in [5, 5.41) is 3.39. The van der Waals surface area contributed by atoms with Crippen LogP contribution in [-0.2, 0) is 11.2 Å². The number of cyclic esters (lactones) is 1. The minimum Gasteiger partial charge on any atom is -0.493 e. The zero-order chi connectivity index (χ0) is 17.6. The molecule has 1 atom stereocenters. The minimum atomic E-state index is -0.181. The molecule has 1 aromatic rings. The van der Waals surface area contributed by atoms with Crippen molar-refractivity contribution >= 4 is 6.09 Å². The second-order valence-corrected chi connectivity index (χ2v) is 6.80. The van der Waals surface area contributed by atoms with Gasteiger partial charge in [0, 0.05) is 6.54 Å². The molecular weight excluding hydrogens is 320 g/mol. The van der Waals surface area contributed by atoms with E-state index in [-0.39, 0.29) is 12.1 Å². The summed E-state index contributed by atoms with van der Waals surface area (Å²) in [6.07, 6.45) is 4.03. The second kappa shape index (κ2) is 8.43. The maximum absolute atomic E-state index is 12.1. The molecular formula is C19H28N2O4. The van der Waals surface area contributed by atoms with Gasteiger partial charge in [-0.1, -0.05) is 6.07 Å². The smallest absolute Gasteiger partial charge is 0.410 e. The minimum absolute atomic E-state index is 0.0901. The molecule has 25 heavy (non-hydrogen) atoms. The summed E-state index contributed by atoms with van der Waals surface area (Å²) >= 11 is 0.